The molecule has 0 saturated carbocycles. The normalized spacial score (nSPS) is 17.6. The van der Waals surface area contributed by atoms with Crippen molar-refractivity contribution in [1.82, 2.24) is 14.8 Å². The largest absolute Gasteiger partial charge is 0.480 e. The molecule has 1 aliphatic rings. The third kappa shape index (κ3) is 2.97. The molecule has 20 heavy (non-hydrogen) atoms. The first-order valence-electron chi connectivity index (χ1n) is 6.72. The van der Waals surface area contributed by atoms with Gasteiger partial charge in [-0.2, -0.15) is 0 Å². The Morgan fingerprint density at radius 2 is 1.90 bits per heavy atom. The van der Waals surface area contributed by atoms with Crippen molar-refractivity contribution in [3.05, 3.63) is 30.2 Å². The number of hydrogen-bond acceptors (Lipinski definition) is 5. The Hall–Kier alpha value is -1.92. The predicted molar refractivity (Wildman–Crippen MR) is 73.4 cm³/mol. The standard InChI is InChI=1S/C14H17N3O3/c18-14(19)10-17-7-5-16(6-8-17)9-13-15-11-3-1-2-4-12(11)20-13/h1-4H,5-10H2,(H,18,19). The van der Waals surface area contributed by atoms with Crippen LogP contribution >= 0.6 is 0 Å². The van der Waals surface area contributed by atoms with Crippen molar-refractivity contribution in [1.29, 1.82) is 0 Å². The predicted octanol–water partition coefficient (Wildman–Crippen LogP) is 1.03. The molecule has 0 bridgehead atoms. The first-order valence-corrected chi connectivity index (χ1v) is 6.72. The van der Waals surface area contributed by atoms with Crippen LogP contribution in [-0.4, -0.2) is 58.6 Å². The fourth-order valence-electron chi connectivity index (χ4n) is 2.48. The molecule has 1 aliphatic heterocycles. The van der Waals surface area contributed by atoms with E-state index in [1.54, 1.807) is 0 Å². The van der Waals surface area contributed by atoms with Crippen LogP contribution in [-0.2, 0) is 11.3 Å². The van der Waals surface area contributed by atoms with Crippen molar-refractivity contribution in [3.8, 4) is 0 Å². The second-order valence-corrected chi connectivity index (χ2v) is 5.02. The molecule has 1 aromatic heterocycles. The summed E-state index contributed by atoms with van der Waals surface area (Å²) < 4.78 is 5.70. The molecule has 0 radical (unpaired) electrons. The van der Waals surface area contributed by atoms with E-state index >= 15 is 0 Å². The molecule has 0 amide bonds. The Balaban J connectivity index is 1.58. The van der Waals surface area contributed by atoms with Gasteiger partial charge in [0.15, 0.2) is 5.58 Å². The minimum Gasteiger partial charge on any atom is -0.480 e. The van der Waals surface area contributed by atoms with Crippen molar-refractivity contribution in [2.75, 3.05) is 32.7 Å². The highest BCUT2D eigenvalue weighted by molar-refractivity contribution is 5.72. The average molecular weight is 275 g/mol. The second-order valence-electron chi connectivity index (χ2n) is 5.02. The Morgan fingerprint density at radius 3 is 2.60 bits per heavy atom. The summed E-state index contributed by atoms with van der Waals surface area (Å²) >= 11 is 0. The highest BCUT2D eigenvalue weighted by atomic mass is 16.4. The summed E-state index contributed by atoms with van der Waals surface area (Å²) in [6, 6.07) is 7.73. The van der Waals surface area contributed by atoms with E-state index in [9.17, 15) is 4.79 Å². The highest BCUT2D eigenvalue weighted by Crippen LogP contribution is 2.16. The minimum atomic E-state index is -0.766. The molecule has 1 aromatic carbocycles. The lowest BCUT2D eigenvalue weighted by molar-refractivity contribution is -0.138. The van der Waals surface area contributed by atoms with Gasteiger partial charge in [-0.1, -0.05) is 12.1 Å². The molecule has 0 aliphatic carbocycles. The first-order chi connectivity index (χ1) is 9.70. The minimum absolute atomic E-state index is 0.122. The number of piperazine rings is 1. The number of para-hydroxylation sites is 2. The van der Waals surface area contributed by atoms with Gasteiger partial charge in [-0.15, -0.1) is 0 Å². The van der Waals surface area contributed by atoms with E-state index < -0.39 is 5.97 Å². The van der Waals surface area contributed by atoms with Crippen LogP contribution < -0.4 is 0 Å². The number of fused-ring (bicyclic) bond motifs is 1. The van der Waals surface area contributed by atoms with Gasteiger partial charge in [0.25, 0.3) is 0 Å². The van der Waals surface area contributed by atoms with Crippen molar-refractivity contribution >= 4 is 17.1 Å². The van der Waals surface area contributed by atoms with Crippen LogP contribution in [0, 0.1) is 0 Å². The molecule has 106 valence electrons. The lowest BCUT2D eigenvalue weighted by Gasteiger charge is -2.32. The summed E-state index contributed by atoms with van der Waals surface area (Å²) in [5.74, 6) is -0.0460. The van der Waals surface area contributed by atoms with Gasteiger partial charge >= 0.3 is 5.97 Å². The van der Waals surface area contributed by atoms with Gasteiger partial charge < -0.3 is 9.52 Å². The molecule has 6 heteroatoms. The third-order valence-corrected chi connectivity index (χ3v) is 3.52. The summed E-state index contributed by atoms with van der Waals surface area (Å²) in [4.78, 5) is 19.3. The Labute approximate surface area is 116 Å². The van der Waals surface area contributed by atoms with Crippen molar-refractivity contribution in [3.63, 3.8) is 0 Å². The van der Waals surface area contributed by atoms with E-state index in [1.165, 1.54) is 0 Å². The smallest absolute Gasteiger partial charge is 0.317 e. The Morgan fingerprint density at radius 1 is 1.20 bits per heavy atom. The molecule has 0 spiro atoms. The zero-order chi connectivity index (χ0) is 13.9. The number of oxazole rings is 1. The molecule has 2 heterocycles. The average Bonchev–Trinajstić information content (AvgIpc) is 2.82. The first kappa shape index (κ1) is 13.1. The topological polar surface area (TPSA) is 69.8 Å². The summed E-state index contributed by atoms with van der Waals surface area (Å²) in [5, 5.41) is 8.77. The van der Waals surface area contributed by atoms with Crippen LogP contribution in [0.4, 0.5) is 0 Å². The van der Waals surface area contributed by atoms with Crippen molar-refractivity contribution in [2.45, 2.75) is 6.54 Å². The van der Waals surface area contributed by atoms with E-state index in [0.29, 0.717) is 6.54 Å². The molecule has 2 aromatic rings. The maximum atomic E-state index is 10.7. The number of aromatic nitrogens is 1. The van der Waals surface area contributed by atoms with Crippen LogP contribution in [0.5, 0.6) is 0 Å². The Kier molecular flexibility index (Phi) is 3.66. The number of carbonyl (C=O) groups is 1. The molecule has 1 saturated heterocycles. The van der Waals surface area contributed by atoms with Crippen LogP contribution in [0.15, 0.2) is 28.7 Å². The molecular weight excluding hydrogens is 258 g/mol. The second kappa shape index (κ2) is 5.60. The highest BCUT2D eigenvalue weighted by Gasteiger charge is 2.20. The quantitative estimate of drug-likeness (QED) is 0.898. The molecule has 1 fully saturated rings. The van der Waals surface area contributed by atoms with Crippen LogP contribution in [0.1, 0.15) is 5.89 Å². The van der Waals surface area contributed by atoms with E-state index in [4.69, 9.17) is 9.52 Å². The van der Waals surface area contributed by atoms with Gasteiger partial charge in [0.1, 0.15) is 5.52 Å². The van der Waals surface area contributed by atoms with Gasteiger partial charge in [0, 0.05) is 26.2 Å². The van der Waals surface area contributed by atoms with Gasteiger partial charge in [-0.05, 0) is 12.1 Å². The van der Waals surface area contributed by atoms with Gasteiger partial charge in [-0.25, -0.2) is 4.98 Å². The number of nitrogens with zero attached hydrogens (tertiary/aromatic N) is 3. The summed E-state index contributed by atoms with van der Waals surface area (Å²) in [6.07, 6.45) is 0. The molecular formula is C14H17N3O3. The third-order valence-electron chi connectivity index (χ3n) is 3.52. The number of aliphatic carboxylic acids is 1. The van der Waals surface area contributed by atoms with E-state index in [0.717, 1.165) is 43.2 Å². The number of benzene rings is 1. The van der Waals surface area contributed by atoms with Gasteiger partial charge in [-0.3, -0.25) is 14.6 Å². The zero-order valence-electron chi connectivity index (χ0n) is 11.2. The van der Waals surface area contributed by atoms with E-state index in [1.807, 2.05) is 29.2 Å². The number of carboxylic acid groups (broad SMARTS) is 1. The lowest BCUT2D eigenvalue weighted by Crippen LogP contribution is -2.47. The maximum Gasteiger partial charge on any atom is 0.317 e. The number of carboxylic acids is 1. The molecule has 1 N–H and O–H groups in total. The van der Waals surface area contributed by atoms with Crippen LogP contribution in [0.25, 0.3) is 11.1 Å². The monoisotopic (exact) mass is 275 g/mol. The maximum absolute atomic E-state index is 10.7. The number of hydrogen-bond donors (Lipinski definition) is 1. The van der Waals surface area contributed by atoms with Crippen LogP contribution in [0.2, 0.25) is 0 Å². The van der Waals surface area contributed by atoms with E-state index in [2.05, 4.69) is 9.88 Å². The van der Waals surface area contributed by atoms with Gasteiger partial charge in [0.2, 0.25) is 5.89 Å². The van der Waals surface area contributed by atoms with Crippen LogP contribution in [0.3, 0.4) is 0 Å². The summed E-state index contributed by atoms with van der Waals surface area (Å²) in [6.45, 7) is 4.02. The number of rotatable bonds is 4. The summed E-state index contributed by atoms with van der Waals surface area (Å²) in [7, 11) is 0. The van der Waals surface area contributed by atoms with Gasteiger partial charge in [0.05, 0.1) is 13.1 Å². The summed E-state index contributed by atoms with van der Waals surface area (Å²) in [5.41, 5.74) is 1.69. The van der Waals surface area contributed by atoms with Crippen molar-refractivity contribution in [2.24, 2.45) is 0 Å². The molecule has 6 nitrogen and oxygen atoms in total. The molecule has 0 atom stereocenters. The SMILES string of the molecule is O=C(O)CN1CCN(Cc2nc3ccccc3o2)CC1. The fourth-order valence-corrected chi connectivity index (χ4v) is 2.48. The molecule has 0 unspecified atom stereocenters. The molecule has 3 rings (SSSR count). The van der Waals surface area contributed by atoms with E-state index in [-0.39, 0.29) is 6.54 Å². The fraction of sp³-hybridized carbons (Fsp3) is 0.429. The zero-order valence-corrected chi connectivity index (χ0v) is 11.2. The Bertz CT molecular complexity index is 569. The lowest BCUT2D eigenvalue weighted by atomic mass is 10.3. The van der Waals surface area contributed by atoms with Crippen molar-refractivity contribution < 1.29 is 14.3 Å².